The number of likely N-dealkylation sites (N-methyl/N-ethyl adjacent to an activating group) is 1. The van der Waals surface area contributed by atoms with Crippen molar-refractivity contribution in [1.82, 2.24) is 4.90 Å². The smallest absolute Gasteiger partial charge is 0.265 e. The average molecular weight is 269 g/mol. The molecule has 0 aromatic rings. The molecule has 0 aliphatic carbocycles. The van der Waals surface area contributed by atoms with Gasteiger partial charge in [0.25, 0.3) is 10.1 Å². The average Bonchev–Trinajstić information content (AvgIpc) is 2.24. The molecule has 0 rings (SSSR count). The minimum absolute atomic E-state index is 0.159. The normalized spacial score (nSPS) is 16.1. The molecule has 7 heteroatoms. The summed E-state index contributed by atoms with van der Waals surface area (Å²) in [6.45, 7) is 2.58. The van der Waals surface area contributed by atoms with Gasteiger partial charge in [0.1, 0.15) is 6.23 Å². The van der Waals surface area contributed by atoms with E-state index in [1.54, 1.807) is 7.11 Å². The number of rotatable bonds is 9. The molecule has 1 N–H and O–H groups in total. The second kappa shape index (κ2) is 7.99. The summed E-state index contributed by atoms with van der Waals surface area (Å²) < 4.78 is 40.4. The first-order chi connectivity index (χ1) is 7.85. The second-order valence-corrected chi connectivity index (χ2v) is 5.52. The fourth-order valence-corrected chi connectivity index (χ4v) is 2.19. The largest absolute Gasteiger partial charge is 0.383 e. The van der Waals surface area contributed by atoms with E-state index in [4.69, 9.17) is 14.0 Å². The predicted octanol–water partition coefficient (Wildman–Crippen LogP) is 0.594. The number of methoxy groups -OCH3 is 2. The van der Waals surface area contributed by atoms with Crippen LogP contribution in [0.4, 0.5) is 0 Å². The van der Waals surface area contributed by atoms with Crippen LogP contribution in [0.2, 0.25) is 0 Å². The van der Waals surface area contributed by atoms with E-state index < -0.39 is 10.1 Å². The van der Waals surface area contributed by atoms with Crippen LogP contribution in [0.1, 0.15) is 19.8 Å². The minimum atomic E-state index is -3.95. The predicted molar refractivity (Wildman–Crippen MR) is 65.5 cm³/mol. The molecule has 17 heavy (non-hydrogen) atoms. The SMILES string of the molecule is CCC(COC)N(C)C(CCS(=O)(=O)O)OC. The lowest BCUT2D eigenvalue weighted by Crippen LogP contribution is -2.44. The summed E-state index contributed by atoms with van der Waals surface area (Å²) in [4.78, 5) is 1.93. The first-order valence-corrected chi connectivity index (χ1v) is 7.15. The second-order valence-electron chi connectivity index (χ2n) is 3.95. The molecule has 0 amide bonds. The Morgan fingerprint density at radius 3 is 2.29 bits per heavy atom. The molecular weight excluding hydrogens is 246 g/mol. The molecule has 0 aliphatic heterocycles. The Kier molecular flexibility index (Phi) is 7.89. The van der Waals surface area contributed by atoms with Crippen molar-refractivity contribution in [2.45, 2.75) is 32.0 Å². The van der Waals surface area contributed by atoms with E-state index in [9.17, 15) is 8.42 Å². The van der Waals surface area contributed by atoms with E-state index in [-0.39, 0.29) is 24.4 Å². The number of hydrogen-bond donors (Lipinski definition) is 1. The maximum Gasteiger partial charge on any atom is 0.265 e. The van der Waals surface area contributed by atoms with Crippen LogP contribution >= 0.6 is 0 Å². The molecule has 0 radical (unpaired) electrons. The topological polar surface area (TPSA) is 76.1 Å². The molecule has 0 spiro atoms. The van der Waals surface area contributed by atoms with Gasteiger partial charge in [0.05, 0.1) is 12.4 Å². The van der Waals surface area contributed by atoms with Crippen molar-refractivity contribution in [1.29, 1.82) is 0 Å². The molecule has 0 fully saturated rings. The summed E-state index contributed by atoms with van der Waals surface area (Å²) in [6, 6.07) is 0.159. The van der Waals surface area contributed by atoms with E-state index >= 15 is 0 Å². The summed E-state index contributed by atoms with van der Waals surface area (Å²) in [5, 5.41) is 0. The van der Waals surface area contributed by atoms with Crippen molar-refractivity contribution in [3.05, 3.63) is 0 Å². The van der Waals surface area contributed by atoms with Crippen molar-refractivity contribution < 1.29 is 22.4 Å². The van der Waals surface area contributed by atoms with Crippen molar-refractivity contribution in [2.24, 2.45) is 0 Å². The van der Waals surface area contributed by atoms with Gasteiger partial charge in [-0.05, 0) is 13.5 Å². The molecule has 0 aliphatic rings. The van der Waals surface area contributed by atoms with Crippen molar-refractivity contribution in [3.63, 3.8) is 0 Å². The summed E-state index contributed by atoms with van der Waals surface area (Å²) in [7, 11) is 1.05. The van der Waals surface area contributed by atoms with Gasteiger partial charge in [0, 0.05) is 26.7 Å². The first kappa shape index (κ1) is 16.8. The van der Waals surface area contributed by atoms with Gasteiger partial charge in [0.2, 0.25) is 0 Å². The van der Waals surface area contributed by atoms with Crippen LogP contribution < -0.4 is 0 Å². The first-order valence-electron chi connectivity index (χ1n) is 5.54. The van der Waals surface area contributed by atoms with Crippen molar-refractivity contribution in [3.8, 4) is 0 Å². The van der Waals surface area contributed by atoms with Crippen LogP contribution in [0.15, 0.2) is 0 Å². The Morgan fingerprint density at radius 2 is 1.94 bits per heavy atom. The Hall–Kier alpha value is -0.210. The van der Waals surface area contributed by atoms with Crippen LogP contribution in [-0.4, -0.2) is 63.8 Å². The van der Waals surface area contributed by atoms with Gasteiger partial charge < -0.3 is 9.47 Å². The van der Waals surface area contributed by atoms with Gasteiger partial charge in [-0.2, -0.15) is 8.42 Å². The van der Waals surface area contributed by atoms with Gasteiger partial charge in [-0.1, -0.05) is 6.92 Å². The fourth-order valence-electron chi connectivity index (χ4n) is 1.69. The Bertz CT molecular complexity index is 293. The van der Waals surface area contributed by atoms with Crippen LogP contribution in [-0.2, 0) is 19.6 Å². The third-order valence-electron chi connectivity index (χ3n) is 2.76. The summed E-state index contributed by atoms with van der Waals surface area (Å²) in [5.41, 5.74) is 0. The summed E-state index contributed by atoms with van der Waals surface area (Å²) in [5.74, 6) is -0.306. The van der Waals surface area contributed by atoms with E-state index in [1.165, 1.54) is 7.11 Å². The molecule has 2 unspecified atom stereocenters. The molecule has 0 aromatic heterocycles. The molecular formula is C10H23NO5S. The maximum atomic E-state index is 10.7. The Balaban J connectivity index is 4.42. The highest BCUT2D eigenvalue weighted by atomic mass is 32.2. The van der Waals surface area contributed by atoms with Crippen LogP contribution in [0.3, 0.4) is 0 Å². The van der Waals surface area contributed by atoms with Crippen molar-refractivity contribution >= 4 is 10.1 Å². The quantitative estimate of drug-likeness (QED) is 0.488. The van der Waals surface area contributed by atoms with Crippen LogP contribution in [0.25, 0.3) is 0 Å². The van der Waals surface area contributed by atoms with E-state index in [2.05, 4.69) is 0 Å². The standard InChI is InChI=1S/C10H23NO5S/c1-5-9(8-15-3)11(2)10(16-4)6-7-17(12,13)14/h9-10H,5-8H2,1-4H3,(H,12,13,14). The molecule has 0 bridgehead atoms. The lowest BCUT2D eigenvalue weighted by Gasteiger charge is -2.33. The number of ether oxygens (including phenoxy) is 2. The molecule has 0 heterocycles. The van der Waals surface area contributed by atoms with Crippen LogP contribution in [0, 0.1) is 0 Å². The highest BCUT2D eigenvalue weighted by Crippen LogP contribution is 2.11. The zero-order chi connectivity index (χ0) is 13.5. The number of nitrogens with zero attached hydrogens (tertiary/aromatic N) is 1. The number of hydrogen-bond acceptors (Lipinski definition) is 5. The molecule has 6 nitrogen and oxygen atoms in total. The minimum Gasteiger partial charge on any atom is -0.383 e. The highest BCUT2D eigenvalue weighted by molar-refractivity contribution is 7.85. The van der Waals surface area contributed by atoms with Gasteiger partial charge >= 0.3 is 0 Å². The highest BCUT2D eigenvalue weighted by Gasteiger charge is 2.22. The zero-order valence-corrected chi connectivity index (χ0v) is 11.7. The molecule has 104 valence electrons. The van der Waals surface area contributed by atoms with Gasteiger partial charge in [-0.15, -0.1) is 0 Å². The molecule has 0 saturated heterocycles. The monoisotopic (exact) mass is 269 g/mol. The third kappa shape index (κ3) is 6.95. The van der Waals surface area contributed by atoms with E-state index in [1.807, 2.05) is 18.9 Å². The van der Waals surface area contributed by atoms with Gasteiger partial charge in [-0.25, -0.2) is 0 Å². The van der Waals surface area contributed by atoms with Crippen LogP contribution in [0.5, 0.6) is 0 Å². The molecule has 2 atom stereocenters. The maximum absolute atomic E-state index is 10.7. The molecule has 0 aromatic carbocycles. The van der Waals surface area contributed by atoms with E-state index in [0.717, 1.165) is 6.42 Å². The Morgan fingerprint density at radius 1 is 1.35 bits per heavy atom. The summed E-state index contributed by atoms with van der Waals surface area (Å²) in [6.07, 6.45) is 0.749. The van der Waals surface area contributed by atoms with Crippen molar-refractivity contribution in [2.75, 3.05) is 33.6 Å². The van der Waals surface area contributed by atoms with Gasteiger partial charge in [0.15, 0.2) is 0 Å². The molecule has 0 saturated carbocycles. The van der Waals surface area contributed by atoms with E-state index in [0.29, 0.717) is 6.61 Å². The lowest BCUT2D eigenvalue weighted by atomic mass is 10.2. The third-order valence-corrected chi connectivity index (χ3v) is 3.51. The van der Waals surface area contributed by atoms with Gasteiger partial charge in [-0.3, -0.25) is 9.45 Å². The fraction of sp³-hybridized carbons (Fsp3) is 1.00. The zero-order valence-electron chi connectivity index (χ0n) is 10.9. The summed E-state index contributed by atoms with van der Waals surface area (Å²) >= 11 is 0. The Labute approximate surface area is 104 Å². The lowest BCUT2D eigenvalue weighted by molar-refractivity contribution is -0.0565.